The van der Waals surface area contributed by atoms with E-state index in [1.54, 1.807) is 30.6 Å². The highest BCUT2D eigenvalue weighted by Gasteiger charge is 2.10. The number of pyridine rings is 1. The molecule has 0 saturated heterocycles. The fraction of sp³-hybridized carbons (Fsp3) is 0.167. The van der Waals surface area contributed by atoms with E-state index in [9.17, 15) is 0 Å². The number of hydrogen-bond donors (Lipinski definition) is 2. The fourth-order valence-corrected chi connectivity index (χ4v) is 2.56. The van der Waals surface area contributed by atoms with Gasteiger partial charge in [-0.1, -0.05) is 23.2 Å². The number of hydrogen-bond acceptors (Lipinski definition) is 5. The van der Waals surface area contributed by atoms with E-state index in [0.717, 1.165) is 11.3 Å². The minimum Gasteiger partial charge on any atom is -0.352 e. The maximum atomic E-state index is 6.24. The van der Waals surface area contributed by atoms with Crippen molar-refractivity contribution in [3.63, 3.8) is 0 Å². The van der Waals surface area contributed by atoms with E-state index >= 15 is 0 Å². The largest absolute Gasteiger partial charge is 0.352 e. The third kappa shape index (κ3) is 4.59. The summed E-state index contributed by atoms with van der Waals surface area (Å²) in [5, 5.41) is 7.59. The summed E-state index contributed by atoms with van der Waals surface area (Å²) in [6, 6.07) is 11.1. The van der Waals surface area contributed by atoms with Crippen molar-refractivity contribution in [2.45, 2.75) is 19.9 Å². The van der Waals surface area contributed by atoms with Gasteiger partial charge in [0.15, 0.2) is 0 Å². The predicted octanol–water partition coefficient (Wildman–Crippen LogP) is 5.41. The van der Waals surface area contributed by atoms with E-state index < -0.39 is 0 Å². The zero-order chi connectivity index (χ0) is 17.8. The quantitative estimate of drug-likeness (QED) is 0.625. The van der Waals surface area contributed by atoms with Crippen LogP contribution < -0.4 is 10.6 Å². The van der Waals surface area contributed by atoms with Crippen LogP contribution in [0.1, 0.15) is 13.8 Å². The van der Waals surface area contributed by atoms with Crippen molar-refractivity contribution >= 4 is 40.7 Å². The number of nitrogens with zero attached hydrogens (tertiary/aromatic N) is 3. The summed E-state index contributed by atoms with van der Waals surface area (Å²) >= 11 is 12.3. The van der Waals surface area contributed by atoms with Crippen LogP contribution in [-0.4, -0.2) is 21.0 Å². The highest BCUT2D eigenvalue weighted by molar-refractivity contribution is 6.35. The van der Waals surface area contributed by atoms with Gasteiger partial charge >= 0.3 is 0 Å². The second-order valence-corrected chi connectivity index (χ2v) is 6.60. The Morgan fingerprint density at radius 3 is 2.60 bits per heavy atom. The second kappa shape index (κ2) is 7.68. The van der Waals surface area contributed by atoms with Crippen LogP contribution in [0, 0.1) is 0 Å². The minimum atomic E-state index is 0.201. The highest BCUT2D eigenvalue weighted by atomic mass is 35.5. The summed E-state index contributed by atoms with van der Waals surface area (Å²) in [5.74, 6) is 1.14. The van der Waals surface area contributed by atoms with Crippen molar-refractivity contribution < 1.29 is 0 Å². The molecular formula is C18H17Cl2N5. The molecule has 0 amide bonds. The van der Waals surface area contributed by atoms with Gasteiger partial charge in [-0.25, -0.2) is 4.98 Å². The molecule has 7 heteroatoms. The van der Waals surface area contributed by atoms with E-state index in [1.807, 2.05) is 32.0 Å². The van der Waals surface area contributed by atoms with Gasteiger partial charge < -0.3 is 10.6 Å². The first-order chi connectivity index (χ1) is 12.0. The number of halogens is 2. The molecule has 0 bridgehead atoms. The summed E-state index contributed by atoms with van der Waals surface area (Å²) in [5.41, 5.74) is 2.34. The van der Waals surface area contributed by atoms with Gasteiger partial charge in [0.05, 0.1) is 16.4 Å². The fourth-order valence-electron chi connectivity index (χ4n) is 2.23. The van der Waals surface area contributed by atoms with Crippen LogP contribution in [0.4, 0.5) is 17.5 Å². The third-order valence-corrected chi connectivity index (χ3v) is 3.86. The number of benzene rings is 1. The topological polar surface area (TPSA) is 62.7 Å². The molecule has 5 nitrogen and oxygen atoms in total. The maximum absolute atomic E-state index is 6.24. The minimum absolute atomic E-state index is 0.201. The van der Waals surface area contributed by atoms with Crippen LogP contribution in [0.5, 0.6) is 0 Å². The maximum Gasteiger partial charge on any atom is 0.225 e. The molecule has 0 unspecified atom stereocenters. The molecule has 2 aromatic heterocycles. The molecule has 0 fully saturated rings. The Bertz CT molecular complexity index is 869. The Labute approximate surface area is 156 Å². The molecule has 1 aromatic carbocycles. The zero-order valence-corrected chi connectivity index (χ0v) is 15.3. The number of anilines is 3. The molecule has 0 aliphatic rings. The average Bonchev–Trinajstić information content (AvgIpc) is 2.58. The molecule has 0 spiro atoms. The van der Waals surface area contributed by atoms with Crippen molar-refractivity contribution in [3.05, 3.63) is 58.8 Å². The molecule has 25 heavy (non-hydrogen) atoms. The van der Waals surface area contributed by atoms with Crippen molar-refractivity contribution in [3.8, 4) is 11.3 Å². The van der Waals surface area contributed by atoms with Crippen LogP contribution in [0.2, 0.25) is 10.0 Å². The summed E-state index contributed by atoms with van der Waals surface area (Å²) in [4.78, 5) is 13.2. The molecule has 3 aromatic rings. The van der Waals surface area contributed by atoms with Gasteiger partial charge in [-0.2, -0.15) is 4.98 Å². The van der Waals surface area contributed by atoms with E-state index in [4.69, 9.17) is 23.2 Å². The van der Waals surface area contributed by atoms with Gasteiger partial charge in [0, 0.05) is 35.1 Å². The van der Waals surface area contributed by atoms with Crippen molar-refractivity contribution in [2.24, 2.45) is 0 Å². The lowest BCUT2D eigenvalue weighted by molar-refractivity contribution is 0.876. The first-order valence-electron chi connectivity index (χ1n) is 7.79. The van der Waals surface area contributed by atoms with Gasteiger partial charge in [-0.3, -0.25) is 4.98 Å². The molecule has 0 radical (unpaired) electrons. The summed E-state index contributed by atoms with van der Waals surface area (Å²) in [7, 11) is 0. The lowest BCUT2D eigenvalue weighted by Crippen LogP contribution is -2.13. The first-order valence-corrected chi connectivity index (χ1v) is 8.55. The molecule has 0 atom stereocenters. The van der Waals surface area contributed by atoms with Crippen LogP contribution in [0.15, 0.2) is 48.8 Å². The van der Waals surface area contributed by atoms with Gasteiger partial charge in [-0.15, -0.1) is 0 Å². The second-order valence-electron chi connectivity index (χ2n) is 5.75. The SMILES string of the molecule is CC(C)Nc1nc(Nc2cc(Cl)ccc2Cl)cc(-c2cccnc2)n1. The van der Waals surface area contributed by atoms with Crippen LogP contribution in [0.25, 0.3) is 11.3 Å². The normalized spacial score (nSPS) is 10.8. The van der Waals surface area contributed by atoms with Crippen LogP contribution in [-0.2, 0) is 0 Å². The summed E-state index contributed by atoms with van der Waals surface area (Å²) in [6.45, 7) is 4.06. The Morgan fingerprint density at radius 2 is 1.88 bits per heavy atom. The van der Waals surface area contributed by atoms with E-state index in [2.05, 4.69) is 25.6 Å². The number of nitrogens with one attached hydrogen (secondary N) is 2. The molecule has 2 heterocycles. The monoisotopic (exact) mass is 373 g/mol. The van der Waals surface area contributed by atoms with Gasteiger partial charge in [0.25, 0.3) is 0 Å². The van der Waals surface area contributed by atoms with Crippen LogP contribution >= 0.6 is 23.2 Å². The van der Waals surface area contributed by atoms with Gasteiger partial charge in [0.1, 0.15) is 5.82 Å². The summed E-state index contributed by atoms with van der Waals surface area (Å²) < 4.78 is 0. The van der Waals surface area contributed by atoms with E-state index in [0.29, 0.717) is 27.5 Å². The molecule has 2 N–H and O–H groups in total. The van der Waals surface area contributed by atoms with Gasteiger partial charge in [0.2, 0.25) is 5.95 Å². The third-order valence-electron chi connectivity index (χ3n) is 3.29. The smallest absolute Gasteiger partial charge is 0.225 e. The number of rotatable bonds is 5. The van der Waals surface area contributed by atoms with Crippen molar-refractivity contribution in [1.29, 1.82) is 0 Å². The Kier molecular flexibility index (Phi) is 5.36. The van der Waals surface area contributed by atoms with Crippen LogP contribution in [0.3, 0.4) is 0 Å². The predicted molar refractivity (Wildman–Crippen MR) is 104 cm³/mol. The highest BCUT2D eigenvalue weighted by Crippen LogP contribution is 2.29. The van der Waals surface area contributed by atoms with E-state index in [-0.39, 0.29) is 6.04 Å². The molecule has 0 aliphatic carbocycles. The molecular weight excluding hydrogens is 357 g/mol. The molecule has 0 aliphatic heterocycles. The number of aromatic nitrogens is 3. The first kappa shape index (κ1) is 17.5. The van der Waals surface area contributed by atoms with Crippen molar-refractivity contribution in [1.82, 2.24) is 15.0 Å². The van der Waals surface area contributed by atoms with Gasteiger partial charge in [-0.05, 0) is 44.2 Å². The van der Waals surface area contributed by atoms with E-state index in [1.165, 1.54) is 0 Å². The Hall–Kier alpha value is -2.37. The average molecular weight is 374 g/mol. The van der Waals surface area contributed by atoms with Crippen molar-refractivity contribution in [2.75, 3.05) is 10.6 Å². The summed E-state index contributed by atoms with van der Waals surface area (Å²) in [6.07, 6.45) is 3.49. The Balaban J connectivity index is 2.01. The standard InChI is InChI=1S/C18H17Cl2N5/c1-11(2)22-18-24-15(12-4-3-7-21-10-12)9-17(25-18)23-16-8-13(19)5-6-14(16)20/h3-11H,1-2H3,(H2,22,23,24,25). The Morgan fingerprint density at radius 1 is 1.04 bits per heavy atom. The zero-order valence-electron chi connectivity index (χ0n) is 13.8. The lowest BCUT2D eigenvalue weighted by atomic mass is 10.2. The lowest BCUT2D eigenvalue weighted by Gasteiger charge is -2.14. The molecule has 128 valence electrons. The molecule has 3 rings (SSSR count). The molecule has 0 saturated carbocycles.